The van der Waals surface area contributed by atoms with Gasteiger partial charge in [0.1, 0.15) is 17.2 Å². The second-order valence-electron chi connectivity index (χ2n) is 11.3. The molecule has 1 saturated carbocycles. The second kappa shape index (κ2) is 17.5. The van der Waals surface area contributed by atoms with Gasteiger partial charge in [-0.15, -0.1) is 0 Å². The van der Waals surface area contributed by atoms with Crippen LogP contribution in [0.3, 0.4) is 0 Å². The van der Waals surface area contributed by atoms with Crippen LogP contribution >= 0.6 is 31.9 Å². The van der Waals surface area contributed by atoms with Gasteiger partial charge in [0, 0.05) is 22.7 Å². The van der Waals surface area contributed by atoms with E-state index in [9.17, 15) is 14.4 Å². The van der Waals surface area contributed by atoms with Gasteiger partial charge in [-0.05, 0) is 95.2 Å². The fraction of sp³-hybridized carbons (Fsp3) is 0.400. The molecule has 12 heteroatoms. The monoisotopic (exact) mass is 774 g/mol. The molecular formula is C35H40Br2N2O8. The van der Waals surface area contributed by atoms with Crippen molar-refractivity contribution in [1.82, 2.24) is 5.32 Å². The number of hydrogen-bond acceptors (Lipinski definition) is 8. The maximum absolute atomic E-state index is 13.3. The van der Waals surface area contributed by atoms with Crippen LogP contribution < -0.4 is 25.3 Å². The van der Waals surface area contributed by atoms with Crippen molar-refractivity contribution in [2.45, 2.75) is 57.6 Å². The molecule has 4 rings (SSSR count). The zero-order chi connectivity index (χ0) is 33.9. The summed E-state index contributed by atoms with van der Waals surface area (Å²) in [5.41, 5.74) is 7.54. The highest BCUT2D eigenvalue weighted by atomic mass is 79.9. The number of amides is 2. The SMILES string of the molecule is CCC(NC(=O)c1ccc(OC(C(=O)OC)c2cc(Br)cc(Br)c2OCOC)cc1)c1ccc(OCC2CCCCC2)c(C(N)=O)c1. The molecule has 47 heavy (non-hydrogen) atoms. The van der Waals surface area contributed by atoms with E-state index < -0.39 is 18.0 Å². The van der Waals surface area contributed by atoms with Crippen molar-refractivity contribution in [3.05, 3.63) is 85.8 Å². The molecule has 0 aliphatic heterocycles. The van der Waals surface area contributed by atoms with Gasteiger partial charge in [-0.1, -0.05) is 48.2 Å². The fourth-order valence-electron chi connectivity index (χ4n) is 5.52. The number of nitrogens with one attached hydrogen (secondary N) is 1. The molecule has 3 aromatic carbocycles. The Morgan fingerprint density at radius 3 is 2.32 bits per heavy atom. The average molecular weight is 777 g/mol. The van der Waals surface area contributed by atoms with Crippen molar-refractivity contribution in [3.8, 4) is 17.2 Å². The molecule has 3 N–H and O–H groups in total. The highest BCUT2D eigenvalue weighted by Crippen LogP contribution is 2.39. The largest absolute Gasteiger partial charge is 0.492 e. The molecule has 1 aliphatic carbocycles. The summed E-state index contributed by atoms with van der Waals surface area (Å²) in [5.74, 6) is 0.0672. The first kappa shape index (κ1) is 36.2. The molecule has 10 nitrogen and oxygen atoms in total. The van der Waals surface area contributed by atoms with E-state index in [1.165, 1.54) is 33.5 Å². The number of nitrogens with two attached hydrogens (primary N) is 1. The summed E-state index contributed by atoms with van der Waals surface area (Å²) in [7, 11) is 2.76. The van der Waals surface area contributed by atoms with E-state index in [1.54, 1.807) is 48.5 Å². The summed E-state index contributed by atoms with van der Waals surface area (Å²) in [4.78, 5) is 38.5. The summed E-state index contributed by atoms with van der Waals surface area (Å²) in [6, 6.07) is 14.8. The van der Waals surface area contributed by atoms with Gasteiger partial charge in [-0.2, -0.15) is 0 Å². The third-order valence-electron chi connectivity index (χ3n) is 8.01. The van der Waals surface area contributed by atoms with Gasteiger partial charge >= 0.3 is 5.97 Å². The van der Waals surface area contributed by atoms with Crippen molar-refractivity contribution in [2.75, 3.05) is 27.6 Å². The Bertz CT molecular complexity index is 1540. The Morgan fingerprint density at radius 2 is 1.68 bits per heavy atom. The van der Waals surface area contributed by atoms with Gasteiger partial charge in [-0.25, -0.2) is 4.79 Å². The summed E-state index contributed by atoms with van der Waals surface area (Å²) >= 11 is 6.91. The average Bonchev–Trinajstić information content (AvgIpc) is 3.08. The van der Waals surface area contributed by atoms with E-state index in [0.717, 1.165) is 18.4 Å². The molecule has 0 spiro atoms. The number of ether oxygens (including phenoxy) is 5. The van der Waals surface area contributed by atoms with Crippen LogP contribution in [0.4, 0.5) is 0 Å². The lowest BCUT2D eigenvalue weighted by Gasteiger charge is -2.23. The summed E-state index contributed by atoms with van der Waals surface area (Å²) in [6.45, 7) is 2.44. The quantitative estimate of drug-likeness (QED) is 0.120. The summed E-state index contributed by atoms with van der Waals surface area (Å²) < 4.78 is 29.2. The minimum atomic E-state index is -1.18. The molecule has 2 atom stereocenters. The Kier molecular flexibility index (Phi) is 13.5. The second-order valence-corrected chi connectivity index (χ2v) is 13.0. The van der Waals surface area contributed by atoms with Crippen molar-refractivity contribution in [3.63, 3.8) is 0 Å². The van der Waals surface area contributed by atoms with Gasteiger partial charge in [0.25, 0.3) is 11.8 Å². The van der Waals surface area contributed by atoms with E-state index in [2.05, 4.69) is 37.2 Å². The Hall–Kier alpha value is -3.61. The third-order valence-corrected chi connectivity index (χ3v) is 9.06. The van der Waals surface area contributed by atoms with E-state index in [4.69, 9.17) is 29.4 Å². The number of benzene rings is 3. The maximum atomic E-state index is 13.3. The van der Waals surface area contributed by atoms with E-state index in [-0.39, 0.29) is 18.7 Å². The van der Waals surface area contributed by atoms with Crippen LogP contribution in [0.1, 0.15) is 89.4 Å². The number of halogens is 2. The van der Waals surface area contributed by atoms with Crippen molar-refractivity contribution < 1.29 is 38.1 Å². The minimum Gasteiger partial charge on any atom is -0.492 e. The molecule has 252 valence electrons. The van der Waals surface area contributed by atoms with E-state index >= 15 is 0 Å². The lowest BCUT2D eigenvalue weighted by atomic mass is 9.90. The van der Waals surface area contributed by atoms with Crippen molar-refractivity contribution in [2.24, 2.45) is 11.7 Å². The number of methoxy groups -OCH3 is 2. The van der Waals surface area contributed by atoms with Gasteiger partial charge in [-0.3, -0.25) is 9.59 Å². The van der Waals surface area contributed by atoms with Crippen LogP contribution in [-0.4, -0.2) is 45.4 Å². The fourth-order valence-corrected chi connectivity index (χ4v) is 6.89. The number of esters is 1. The molecule has 0 aromatic heterocycles. The molecule has 0 heterocycles. The predicted octanol–water partition coefficient (Wildman–Crippen LogP) is 7.43. The number of carbonyl (C=O) groups excluding carboxylic acids is 3. The molecular weight excluding hydrogens is 736 g/mol. The molecule has 0 saturated heterocycles. The van der Waals surface area contributed by atoms with Crippen LogP contribution in [0.25, 0.3) is 0 Å². The molecule has 2 amide bonds. The molecule has 2 unspecified atom stereocenters. The topological polar surface area (TPSA) is 135 Å². The Labute approximate surface area is 291 Å². The van der Waals surface area contributed by atoms with Crippen molar-refractivity contribution in [1.29, 1.82) is 0 Å². The van der Waals surface area contributed by atoms with Gasteiger partial charge in [0.15, 0.2) is 6.79 Å². The van der Waals surface area contributed by atoms with Gasteiger partial charge in [0.2, 0.25) is 6.10 Å². The lowest BCUT2D eigenvalue weighted by Crippen LogP contribution is -2.28. The maximum Gasteiger partial charge on any atom is 0.351 e. The Morgan fingerprint density at radius 1 is 0.957 bits per heavy atom. The van der Waals surface area contributed by atoms with Gasteiger partial charge in [0.05, 0.1) is 29.8 Å². The first-order valence-corrected chi connectivity index (χ1v) is 17.1. The van der Waals surface area contributed by atoms with Crippen LogP contribution in [-0.2, 0) is 14.3 Å². The van der Waals surface area contributed by atoms with Crippen LogP contribution in [0.15, 0.2) is 63.5 Å². The van der Waals surface area contributed by atoms with Crippen LogP contribution in [0.2, 0.25) is 0 Å². The number of carbonyl (C=O) groups is 3. The zero-order valence-electron chi connectivity index (χ0n) is 26.7. The van der Waals surface area contributed by atoms with E-state index in [1.807, 2.05) is 13.0 Å². The zero-order valence-corrected chi connectivity index (χ0v) is 29.9. The summed E-state index contributed by atoms with van der Waals surface area (Å²) in [6.07, 6.45) is 5.30. The normalized spacial score (nSPS) is 14.5. The number of rotatable bonds is 15. The highest BCUT2D eigenvalue weighted by molar-refractivity contribution is 9.11. The Balaban J connectivity index is 1.48. The highest BCUT2D eigenvalue weighted by Gasteiger charge is 2.29. The smallest absolute Gasteiger partial charge is 0.351 e. The lowest BCUT2D eigenvalue weighted by molar-refractivity contribution is -0.149. The molecule has 3 aromatic rings. The molecule has 0 radical (unpaired) electrons. The first-order valence-electron chi connectivity index (χ1n) is 15.5. The standard InChI is InChI=1S/C35H40Br2N2O8/c1-4-29(23-12-15-30(26(16-23)33(38)40)45-19-21-8-6-5-7-9-21)39-34(41)22-10-13-25(14-11-22)47-32(35(42)44-3)27-17-24(36)18-28(37)31(27)46-20-43-2/h10-18,21,29,32H,4-9,19-20H2,1-3H3,(H2,38,40)(H,39,41). The van der Waals surface area contributed by atoms with Gasteiger partial charge < -0.3 is 34.7 Å². The molecule has 1 aliphatic rings. The first-order chi connectivity index (χ1) is 22.6. The van der Waals surface area contributed by atoms with Crippen LogP contribution in [0, 0.1) is 5.92 Å². The molecule has 0 bridgehead atoms. The van der Waals surface area contributed by atoms with Crippen molar-refractivity contribution >= 4 is 49.6 Å². The number of hydrogen-bond donors (Lipinski definition) is 2. The summed E-state index contributed by atoms with van der Waals surface area (Å²) in [5, 5.41) is 3.04. The van der Waals surface area contributed by atoms with Crippen LogP contribution in [0.5, 0.6) is 17.2 Å². The minimum absolute atomic E-state index is 0.0497. The van der Waals surface area contributed by atoms with E-state index in [0.29, 0.717) is 61.8 Å². The number of primary amides is 1. The molecule has 1 fully saturated rings. The third kappa shape index (κ3) is 9.71. The predicted molar refractivity (Wildman–Crippen MR) is 184 cm³/mol.